The van der Waals surface area contributed by atoms with Crippen LogP contribution in [0.5, 0.6) is 5.75 Å². The summed E-state index contributed by atoms with van der Waals surface area (Å²) in [4.78, 5) is 12.5. The van der Waals surface area contributed by atoms with Crippen LogP contribution in [-0.2, 0) is 10.0 Å². The molecule has 0 spiro atoms. The van der Waals surface area contributed by atoms with Gasteiger partial charge in [0.25, 0.3) is 5.91 Å². The second kappa shape index (κ2) is 9.07. The van der Waals surface area contributed by atoms with E-state index in [1.54, 1.807) is 26.8 Å². The summed E-state index contributed by atoms with van der Waals surface area (Å²) >= 11 is 3.31. The Morgan fingerprint density at radius 3 is 2.50 bits per heavy atom. The molecule has 0 atom stereocenters. The third-order valence-electron chi connectivity index (χ3n) is 3.58. The van der Waals surface area contributed by atoms with Gasteiger partial charge in [-0.2, -0.15) is 0 Å². The predicted molar refractivity (Wildman–Crippen MR) is 113 cm³/mol. The van der Waals surface area contributed by atoms with Crippen LogP contribution in [0.4, 0.5) is 0 Å². The first-order chi connectivity index (χ1) is 13.0. The number of sulfonamides is 1. The summed E-state index contributed by atoms with van der Waals surface area (Å²) in [5.74, 6) is 0.351. The standard InChI is InChI=1S/C20H25BrN2O4S/c1-14-6-5-7-15(12-14)27-11-10-22-19(24)17-13-16(8-9-18(17)21)28(25,26)23-20(2,3)4/h5-9,12-13,23H,10-11H2,1-4H3,(H,22,24). The Morgan fingerprint density at radius 2 is 1.86 bits per heavy atom. The van der Waals surface area contributed by atoms with Crippen molar-refractivity contribution < 1.29 is 17.9 Å². The summed E-state index contributed by atoms with van der Waals surface area (Å²) in [6.45, 7) is 7.83. The molecule has 0 aliphatic rings. The molecule has 2 aromatic carbocycles. The second-order valence-corrected chi connectivity index (χ2v) is 9.95. The third kappa shape index (κ3) is 6.61. The van der Waals surface area contributed by atoms with Crippen molar-refractivity contribution in [3.8, 4) is 5.75 Å². The smallest absolute Gasteiger partial charge is 0.252 e. The van der Waals surface area contributed by atoms with E-state index in [4.69, 9.17) is 4.74 Å². The molecule has 0 unspecified atom stereocenters. The summed E-state index contributed by atoms with van der Waals surface area (Å²) < 4.78 is 33.7. The molecule has 1 amide bonds. The van der Waals surface area contributed by atoms with Gasteiger partial charge in [-0.25, -0.2) is 13.1 Å². The molecule has 0 saturated heterocycles. The van der Waals surface area contributed by atoms with Gasteiger partial charge in [-0.05, 0) is 79.5 Å². The number of hydrogen-bond acceptors (Lipinski definition) is 4. The Kier molecular flexibility index (Phi) is 7.25. The van der Waals surface area contributed by atoms with E-state index in [9.17, 15) is 13.2 Å². The van der Waals surface area contributed by atoms with Crippen LogP contribution in [0.2, 0.25) is 0 Å². The van der Waals surface area contributed by atoms with E-state index in [1.165, 1.54) is 12.1 Å². The largest absolute Gasteiger partial charge is 0.492 e. The van der Waals surface area contributed by atoms with Gasteiger partial charge in [-0.3, -0.25) is 4.79 Å². The highest BCUT2D eigenvalue weighted by atomic mass is 79.9. The van der Waals surface area contributed by atoms with Crippen molar-refractivity contribution in [1.82, 2.24) is 10.0 Å². The minimum absolute atomic E-state index is 0.0341. The lowest BCUT2D eigenvalue weighted by Gasteiger charge is -2.20. The number of benzene rings is 2. The van der Waals surface area contributed by atoms with Crippen LogP contribution in [0.1, 0.15) is 36.7 Å². The van der Waals surface area contributed by atoms with Crippen molar-refractivity contribution in [3.05, 3.63) is 58.1 Å². The first kappa shape index (κ1) is 22.4. The molecule has 0 radical (unpaired) electrons. The minimum Gasteiger partial charge on any atom is -0.492 e. The van der Waals surface area contributed by atoms with E-state index in [-0.39, 0.29) is 22.9 Å². The molecule has 0 saturated carbocycles. The van der Waals surface area contributed by atoms with Gasteiger partial charge in [-0.15, -0.1) is 0 Å². The van der Waals surface area contributed by atoms with E-state index in [1.807, 2.05) is 31.2 Å². The third-order valence-corrected chi connectivity index (χ3v) is 6.03. The molecule has 0 heterocycles. The fraction of sp³-hybridized carbons (Fsp3) is 0.350. The topological polar surface area (TPSA) is 84.5 Å². The maximum atomic E-state index is 12.5. The lowest BCUT2D eigenvalue weighted by atomic mass is 10.1. The number of carbonyl (C=O) groups is 1. The summed E-state index contributed by atoms with van der Waals surface area (Å²) in [5, 5.41) is 2.74. The Morgan fingerprint density at radius 1 is 1.14 bits per heavy atom. The molecule has 2 N–H and O–H groups in total. The molecule has 2 aromatic rings. The summed E-state index contributed by atoms with van der Waals surface area (Å²) in [6.07, 6.45) is 0. The van der Waals surface area contributed by atoms with Gasteiger partial charge in [0.1, 0.15) is 12.4 Å². The van der Waals surface area contributed by atoms with Crippen LogP contribution >= 0.6 is 15.9 Å². The highest BCUT2D eigenvalue weighted by Gasteiger charge is 2.23. The Hall–Kier alpha value is -1.90. The quantitative estimate of drug-likeness (QED) is 0.607. The van der Waals surface area contributed by atoms with Gasteiger partial charge < -0.3 is 10.1 Å². The number of halogens is 1. The maximum absolute atomic E-state index is 12.5. The van der Waals surface area contributed by atoms with E-state index in [0.717, 1.165) is 11.3 Å². The summed E-state index contributed by atoms with van der Waals surface area (Å²) in [7, 11) is -3.73. The first-order valence-electron chi connectivity index (χ1n) is 8.79. The molecule has 2 rings (SSSR count). The number of hydrogen-bond donors (Lipinski definition) is 2. The highest BCUT2D eigenvalue weighted by molar-refractivity contribution is 9.10. The first-order valence-corrected chi connectivity index (χ1v) is 11.1. The zero-order valence-electron chi connectivity index (χ0n) is 16.4. The van der Waals surface area contributed by atoms with Crippen molar-refractivity contribution in [2.45, 2.75) is 38.1 Å². The Labute approximate surface area is 174 Å². The molecular weight excluding hydrogens is 444 g/mol. The second-order valence-electron chi connectivity index (χ2n) is 7.42. The van der Waals surface area contributed by atoms with E-state index < -0.39 is 15.6 Å². The number of amides is 1. The molecule has 0 fully saturated rings. The fourth-order valence-electron chi connectivity index (χ4n) is 2.44. The van der Waals surface area contributed by atoms with Gasteiger partial charge >= 0.3 is 0 Å². The van der Waals surface area contributed by atoms with E-state index in [2.05, 4.69) is 26.0 Å². The zero-order chi connectivity index (χ0) is 20.9. The average Bonchev–Trinajstić information content (AvgIpc) is 2.56. The molecule has 28 heavy (non-hydrogen) atoms. The number of aryl methyl sites for hydroxylation is 1. The lowest BCUT2D eigenvalue weighted by Crippen LogP contribution is -2.40. The molecule has 6 nitrogen and oxygen atoms in total. The molecule has 0 aliphatic carbocycles. The number of ether oxygens (including phenoxy) is 1. The predicted octanol–water partition coefficient (Wildman–Crippen LogP) is 3.64. The maximum Gasteiger partial charge on any atom is 0.252 e. The average molecular weight is 469 g/mol. The van der Waals surface area contributed by atoms with E-state index in [0.29, 0.717) is 11.1 Å². The minimum atomic E-state index is -3.73. The summed E-state index contributed by atoms with van der Waals surface area (Å²) in [5.41, 5.74) is 0.710. The fourth-order valence-corrected chi connectivity index (χ4v) is 4.31. The number of carbonyl (C=O) groups excluding carboxylic acids is 1. The van der Waals surface area contributed by atoms with Crippen molar-refractivity contribution >= 4 is 31.9 Å². The molecule has 0 aliphatic heterocycles. The molecule has 0 aromatic heterocycles. The number of nitrogens with one attached hydrogen (secondary N) is 2. The van der Waals surface area contributed by atoms with Gasteiger partial charge in [0.15, 0.2) is 0 Å². The van der Waals surface area contributed by atoms with Gasteiger partial charge in [0.05, 0.1) is 17.0 Å². The zero-order valence-corrected chi connectivity index (χ0v) is 18.8. The molecule has 152 valence electrons. The SMILES string of the molecule is Cc1cccc(OCCNC(=O)c2cc(S(=O)(=O)NC(C)(C)C)ccc2Br)c1. The van der Waals surface area contributed by atoms with Crippen molar-refractivity contribution in [2.24, 2.45) is 0 Å². The van der Waals surface area contributed by atoms with Crippen LogP contribution in [0.3, 0.4) is 0 Å². The molecule has 0 bridgehead atoms. The number of rotatable bonds is 7. The van der Waals surface area contributed by atoms with Gasteiger partial charge in [-0.1, -0.05) is 12.1 Å². The van der Waals surface area contributed by atoms with Crippen LogP contribution in [0.15, 0.2) is 51.8 Å². The van der Waals surface area contributed by atoms with Crippen LogP contribution in [-0.4, -0.2) is 33.0 Å². The normalized spacial score (nSPS) is 11.9. The van der Waals surface area contributed by atoms with Crippen LogP contribution in [0, 0.1) is 6.92 Å². The molecule has 8 heteroatoms. The summed E-state index contributed by atoms with van der Waals surface area (Å²) in [6, 6.07) is 12.0. The van der Waals surface area contributed by atoms with Crippen molar-refractivity contribution in [1.29, 1.82) is 0 Å². The van der Waals surface area contributed by atoms with Crippen LogP contribution in [0.25, 0.3) is 0 Å². The Balaban J connectivity index is 2.02. The van der Waals surface area contributed by atoms with Gasteiger partial charge in [0, 0.05) is 10.0 Å². The monoisotopic (exact) mass is 468 g/mol. The van der Waals surface area contributed by atoms with E-state index >= 15 is 0 Å². The molecular formula is C20H25BrN2O4S. The highest BCUT2D eigenvalue weighted by Crippen LogP contribution is 2.22. The van der Waals surface area contributed by atoms with Crippen molar-refractivity contribution in [3.63, 3.8) is 0 Å². The van der Waals surface area contributed by atoms with Gasteiger partial charge in [0.2, 0.25) is 10.0 Å². The van der Waals surface area contributed by atoms with Crippen LogP contribution < -0.4 is 14.8 Å². The lowest BCUT2D eigenvalue weighted by molar-refractivity contribution is 0.0946. The Bertz CT molecular complexity index is 953. The van der Waals surface area contributed by atoms with Crippen molar-refractivity contribution in [2.75, 3.05) is 13.2 Å².